The summed E-state index contributed by atoms with van der Waals surface area (Å²) in [5.74, 6) is 0.0676. The molecule has 1 aromatic carbocycles. The molecule has 0 saturated carbocycles. The highest BCUT2D eigenvalue weighted by Crippen LogP contribution is 2.40. The maximum absolute atomic E-state index is 14.1. The van der Waals surface area contributed by atoms with Gasteiger partial charge in [0.05, 0.1) is 31.6 Å². The van der Waals surface area contributed by atoms with Crippen LogP contribution in [0.4, 0.5) is 5.69 Å². The lowest BCUT2D eigenvalue weighted by Crippen LogP contribution is -2.43. The molecule has 4 rings (SSSR count). The lowest BCUT2D eigenvalue weighted by molar-refractivity contribution is -0.141. The standard InChI is InChI=1S/C27H32N4O6S/c1-5-30-18-25(27(29-30)36-6-2)38(33,34)31-17-22(12-14-26(32)35-4)37-24-13-9-20(15-23(24)31)8-11-21-10-7-19(3)16-28-21/h7-11,13,15-16,18,22H,5-6,12,14,17H2,1-4H3. The molecule has 1 atom stereocenters. The molecule has 10 nitrogen and oxygen atoms in total. The van der Waals surface area contributed by atoms with Crippen LogP contribution in [0.25, 0.3) is 12.2 Å². The van der Waals surface area contributed by atoms with Gasteiger partial charge in [0.25, 0.3) is 15.9 Å². The molecule has 3 heterocycles. The number of aromatic nitrogens is 3. The molecule has 38 heavy (non-hydrogen) atoms. The van der Waals surface area contributed by atoms with Gasteiger partial charge in [0.15, 0.2) is 4.90 Å². The van der Waals surface area contributed by atoms with Gasteiger partial charge in [0.1, 0.15) is 11.9 Å². The Balaban J connectivity index is 1.73. The summed E-state index contributed by atoms with van der Waals surface area (Å²) in [5.41, 5.74) is 3.01. The molecule has 0 aliphatic carbocycles. The van der Waals surface area contributed by atoms with Gasteiger partial charge in [-0.3, -0.25) is 18.8 Å². The number of fused-ring (bicyclic) bond motifs is 1. The Hall–Kier alpha value is -3.86. The third-order valence-electron chi connectivity index (χ3n) is 6.06. The normalized spacial score (nSPS) is 15.3. The molecule has 0 spiro atoms. The maximum atomic E-state index is 14.1. The summed E-state index contributed by atoms with van der Waals surface area (Å²) in [4.78, 5) is 16.1. The number of hydrogen-bond donors (Lipinski definition) is 0. The number of aryl methyl sites for hydroxylation is 2. The van der Waals surface area contributed by atoms with Crippen LogP contribution in [0.2, 0.25) is 0 Å². The SMILES string of the molecule is CCOc1nn(CC)cc1S(=O)(=O)N1CC(CCC(=O)OC)Oc2ccc(C=Cc3ccc(C)cn3)cc21. The van der Waals surface area contributed by atoms with Crippen LogP contribution >= 0.6 is 0 Å². The summed E-state index contributed by atoms with van der Waals surface area (Å²) >= 11 is 0. The first kappa shape index (κ1) is 27.2. The summed E-state index contributed by atoms with van der Waals surface area (Å²) in [7, 11) is -2.77. The highest BCUT2D eigenvalue weighted by atomic mass is 32.2. The van der Waals surface area contributed by atoms with Crippen LogP contribution < -0.4 is 13.8 Å². The van der Waals surface area contributed by atoms with Crippen LogP contribution in [0.3, 0.4) is 0 Å². The maximum Gasteiger partial charge on any atom is 0.305 e. The van der Waals surface area contributed by atoms with Gasteiger partial charge >= 0.3 is 5.97 Å². The Kier molecular flexibility index (Phi) is 8.35. The van der Waals surface area contributed by atoms with Gasteiger partial charge in [0, 0.05) is 25.4 Å². The minimum absolute atomic E-state index is 0.0158. The minimum atomic E-state index is -4.09. The summed E-state index contributed by atoms with van der Waals surface area (Å²) in [6, 6.07) is 9.24. The lowest BCUT2D eigenvalue weighted by Gasteiger charge is -2.35. The van der Waals surface area contributed by atoms with Crippen molar-refractivity contribution in [3.05, 3.63) is 59.5 Å². The number of esters is 1. The minimum Gasteiger partial charge on any atom is -0.486 e. The van der Waals surface area contributed by atoms with Crippen LogP contribution in [0.5, 0.6) is 11.6 Å². The van der Waals surface area contributed by atoms with Gasteiger partial charge in [-0.15, -0.1) is 5.10 Å². The second-order valence-electron chi connectivity index (χ2n) is 8.80. The van der Waals surface area contributed by atoms with Crippen molar-refractivity contribution in [1.29, 1.82) is 0 Å². The van der Waals surface area contributed by atoms with Crippen LogP contribution in [-0.4, -0.2) is 55.5 Å². The van der Waals surface area contributed by atoms with E-state index in [9.17, 15) is 13.2 Å². The molecule has 202 valence electrons. The van der Waals surface area contributed by atoms with Crippen LogP contribution in [0.1, 0.15) is 43.5 Å². The predicted octanol–water partition coefficient (Wildman–Crippen LogP) is 4.09. The summed E-state index contributed by atoms with van der Waals surface area (Å²) in [6.07, 6.45) is 6.85. The Morgan fingerprint density at radius 2 is 2.03 bits per heavy atom. The number of pyridine rings is 1. The number of carbonyl (C=O) groups is 1. The highest BCUT2D eigenvalue weighted by Gasteiger charge is 2.37. The molecule has 0 radical (unpaired) electrons. The van der Waals surface area contributed by atoms with Crippen molar-refractivity contribution in [1.82, 2.24) is 14.8 Å². The third kappa shape index (κ3) is 5.99. The first-order chi connectivity index (χ1) is 18.2. The molecule has 1 aliphatic heterocycles. The summed E-state index contributed by atoms with van der Waals surface area (Å²) in [6.45, 7) is 6.38. The summed E-state index contributed by atoms with van der Waals surface area (Å²) < 4.78 is 47.4. The molecule has 0 bridgehead atoms. The molecule has 11 heteroatoms. The largest absolute Gasteiger partial charge is 0.486 e. The molecule has 3 aromatic rings. The Bertz CT molecular complexity index is 1420. The predicted molar refractivity (Wildman–Crippen MR) is 144 cm³/mol. The highest BCUT2D eigenvalue weighted by molar-refractivity contribution is 7.93. The Morgan fingerprint density at radius 3 is 2.71 bits per heavy atom. The van der Waals surface area contributed by atoms with Crippen molar-refractivity contribution in [3.63, 3.8) is 0 Å². The van der Waals surface area contributed by atoms with Gasteiger partial charge in [-0.2, -0.15) is 0 Å². The number of anilines is 1. The van der Waals surface area contributed by atoms with Gasteiger partial charge in [-0.25, -0.2) is 8.42 Å². The van der Waals surface area contributed by atoms with Gasteiger partial charge < -0.3 is 14.2 Å². The first-order valence-electron chi connectivity index (χ1n) is 12.5. The molecule has 2 aromatic heterocycles. The fourth-order valence-electron chi connectivity index (χ4n) is 4.03. The monoisotopic (exact) mass is 540 g/mol. The zero-order valence-corrected chi connectivity index (χ0v) is 22.8. The molecule has 0 saturated heterocycles. The van der Waals surface area contributed by atoms with Crippen LogP contribution in [0, 0.1) is 6.92 Å². The Morgan fingerprint density at radius 1 is 1.21 bits per heavy atom. The zero-order chi connectivity index (χ0) is 27.3. The fraction of sp³-hybridized carbons (Fsp3) is 0.370. The number of ether oxygens (including phenoxy) is 3. The van der Waals surface area contributed by atoms with E-state index in [1.165, 1.54) is 22.3 Å². The average molecular weight is 541 g/mol. The number of carbonyl (C=O) groups excluding carboxylic acids is 1. The quantitative estimate of drug-likeness (QED) is 0.354. The first-order valence-corrected chi connectivity index (χ1v) is 13.9. The van der Waals surface area contributed by atoms with Crippen molar-refractivity contribution in [3.8, 4) is 11.6 Å². The van der Waals surface area contributed by atoms with E-state index >= 15 is 0 Å². The molecule has 1 aliphatic rings. The molecule has 0 fully saturated rings. The van der Waals surface area contributed by atoms with E-state index in [1.807, 2.05) is 44.2 Å². The molecule has 0 amide bonds. The van der Waals surface area contributed by atoms with E-state index in [0.29, 0.717) is 24.4 Å². The number of benzene rings is 1. The summed E-state index contributed by atoms with van der Waals surface area (Å²) in [5, 5.41) is 4.29. The van der Waals surface area contributed by atoms with Crippen molar-refractivity contribution < 1.29 is 27.4 Å². The second kappa shape index (κ2) is 11.7. The van der Waals surface area contributed by atoms with E-state index in [1.54, 1.807) is 25.3 Å². The zero-order valence-electron chi connectivity index (χ0n) is 22.0. The molecule has 0 N–H and O–H groups in total. The van der Waals surface area contributed by atoms with E-state index in [2.05, 4.69) is 10.1 Å². The van der Waals surface area contributed by atoms with E-state index in [-0.39, 0.29) is 36.3 Å². The van der Waals surface area contributed by atoms with E-state index in [0.717, 1.165) is 16.8 Å². The smallest absolute Gasteiger partial charge is 0.305 e. The van der Waals surface area contributed by atoms with Crippen molar-refractivity contribution in [2.45, 2.75) is 51.2 Å². The lowest BCUT2D eigenvalue weighted by atomic mass is 10.1. The fourth-order valence-corrected chi connectivity index (χ4v) is 5.61. The van der Waals surface area contributed by atoms with Gasteiger partial charge in [0.2, 0.25) is 0 Å². The van der Waals surface area contributed by atoms with Crippen LogP contribution in [0.15, 0.2) is 47.6 Å². The molecular weight excluding hydrogens is 508 g/mol. The van der Waals surface area contributed by atoms with Crippen molar-refractivity contribution in [2.75, 3.05) is 24.6 Å². The van der Waals surface area contributed by atoms with Gasteiger partial charge in [-0.1, -0.05) is 18.2 Å². The number of nitrogens with zero attached hydrogens (tertiary/aromatic N) is 4. The molecular formula is C27H32N4O6S. The van der Waals surface area contributed by atoms with E-state index in [4.69, 9.17) is 14.2 Å². The van der Waals surface area contributed by atoms with E-state index < -0.39 is 16.1 Å². The number of rotatable bonds is 10. The number of hydrogen-bond acceptors (Lipinski definition) is 8. The Labute approximate surface area is 222 Å². The topological polar surface area (TPSA) is 113 Å². The average Bonchev–Trinajstić information content (AvgIpc) is 3.35. The number of sulfonamides is 1. The van der Waals surface area contributed by atoms with Gasteiger partial charge in [-0.05, 0) is 62.6 Å². The van der Waals surface area contributed by atoms with Crippen molar-refractivity contribution in [2.24, 2.45) is 0 Å². The van der Waals surface area contributed by atoms with Crippen LogP contribution in [-0.2, 0) is 26.1 Å². The second-order valence-corrected chi connectivity index (χ2v) is 10.6. The molecule has 1 unspecified atom stereocenters. The van der Waals surface area contributed by atoms with Crippen molar-refractivity contribution >= 4 is 33.8 Å². The third-order valence-corrected chi connectivity index (χ3v) is 7.82. The number of methoxy groups -OCH3 is 1.